The van der Waals surface area contributed by atoms with Crippen LogP contribution < -0.4 is 0 Å². The molecule has 0 aliphatic heterocycles. The van der Waals surface area contributed by atoms with E-state index in [4.69, 9.17) is 14.2 Å². The Bertz CT molecular complexity index is 900. The Morgan fingerprint density at radius 2 is 0.559 bits per heavy atom. The highest BCUT2D eigenvalue weighted by Crippen LogP contribution is 2.17. The Kier molecular flexibility index (Phi) is 44.7. The summed E-state index contributed by atoms with van der Waals surface area (Å²) in [5.41, 5.74) is 0. The Morgan fingerprint density at radius 3 is 0.831 bits per heavy atom. The van der Waals surface area contributed by atoms with Crippen molar-refractivity contribution in [2.75, 3.05) is 13.2 Å². The molecule has 6 nitrogen and oxygen atoms in total. The van der Waals surface area contributed by atoms with Crippen LogP contribution in [0.1, 0.15) is 291 Å². The summed E-state index contributed by atoms with van der Waals surface area (Å²) in [6.07, 6.45) is 46.6. The van der Waals surface area contributed by atoms with E-state index in [-0.39, 0.29) is 31.1 Å². The van der Waals surface area contributed by atoms with E-state index in [9.17, 15) is 14.4 Å². The van der Waals surface area contributed by atoms with Crippen molar-refractivity contribution in [1.29, 1.82) is 0 Å². The number of ether oxygens (including phenoxy) is 3. The molecule has 350 valence electrons. The number of carbonyl (C=O) groups excluding carboxylic acids is 3. The second-order valence-corrected chi connectivity index (χ2v) is 19.1. The topological polar surface area (TPSA) is 78.9 Å². The molecule has 0 bridgehead atoms. The molecule has 0 aliphatic carbocycles. The fraction of sp³-hybridized carbons (Fsp3) is 0.943. The molecule has 0 rings (SSSR count). The highest BCUT2D eigenvalue weighted by atomic mass is 16.6. The molecule has 0 fully saturated rings. The van der Waals surface area contributed by atoms with E-state index in [1.165, 1.54) is 180 Å². The summed E-state index contributed by atoms with van der Waals surface area (Å²) in [7, 11) is 0. The number of rotatable bonds is 47. The van der Waals surface area contributed by atoms with Crippen LogP contribution in [0.25, 0.3) is 0 Å². The molecular formula is C53H102O6. The Balaban J connectivity index is 4.30. The summed E-state index contributed by atoms with van der Waals surface area (Å²) >= 11 is 0. The van der Waals surface area contributed by atoms with Gasteiger partial charge in [0.15, 0.2) is 6.10 Å². The lowest BCUT2D eigenvalue weighted by atomic mass is 10.0. The maximum Gasteiger partial charge on any atom is 0.306 e. The zero-order chi connectivity index (χ0) is 43.3. The molecule has 0 aliphatic rings. The zero-order valence-electron chi connectivity index (χ0n) is 40.4. The third kappa shape index (κ3) is 47.3. The van der Waals surface area contributed by atoms with Gasteiger partial charge in [-0.1, -0.05) is 253 Å². The third-order valence-corrected chi connectivity index (χ3v) is 12.0. The first-order valence-electron chi connectivity index (χ1n) is 26.2. The molecule has 0 saturated carbocycles. The first kappa shape index (κ1) is 57.4. The minimum Gasteiger partial charge on any atom is -0.462 e. The normalized spacial score (nSPS) is 12.1. The van der Waals surface area contributed by atoms with E-state index < -0.39 is 6.10 Å². The van der Waals surface area contributed by atoms with Crippen molar-refractivity contribution in [2.45, 2.75) is 298 Å². The van der Waals surface area contributed by atoms with E-state index in [2.05, 4.69) is 34.6 Å². The molecule has 59 heavy (non-hydrogen) atoms. The molecule has 0 unspecified atom stereocenters. The summed E-state index contributed by atoms with van der Waals surface area (Å²) in [6, 6.07) is 0. The van der Waals surface area contributed by atoms with Gasteiger partial charge in [-0.15, -0.1) is 0 Å². The number of esters is 3. The SMILES string of the molecule is CCCCCCCCCCCCCCCCCC(=O)OC[C@H](COC(=O)CCCCCCCCCCC(C)C)OC(=O)CCCCCCCCCCCCCCC(C)C. The van der Waals surface area contributed by atoms with Gasteiger partial charge in [-0.25, -0.2) is 0 Å². The van der Waals surface area contributed by atoms with Gasteiger partial charge in [0.25, 0.3) is 0 Å². The molecule has 0 aromatic heterocycles. The van der Waals surface area contributed by atoms with Gasteiger partial charge in [0.2, 0.25) is 0 Å². The molecular weight excluding hydrogens is 733 g/mol. The van der Waals surface area contributed by atoms with Gasteiger partial charge in [-0.05, 0) is 31.1 Å². The first-order chi connectivity index (χ1) is 28.7. The number of carbonyl (C=O) groups is 3. The minimum absolute atomic E-state index is 0.0638. The molecule has 0 saturated heterocycles. The van der Waals surface area contributed by atoms with E-state index >= 15 is 0 Å². The van der Waals surface area contributed by atoms with Gasteiger partial charge < -0.3 is 14.2 Å². The predicted octanol–water partition coefficient (Wildman–Crippen LogP) is 16.9. The van der Waals surface area contributed by atoms with Gasteiger partial charge in [-0.2, -0.15) is 0 Å². The Labute approximate surface area is 368 Å². The van der Waals surface area contributed by atoms with Crippen LogP contribution in [-0.4, -0.2) is 37.2 Å². The standard InChI is InChI=1S/C53H102O6/c1-6-7-8-9-10-11-12-13-14-15-19-22-28-33-38-43-51(54)57-46-50(47-58-52(55)44-39-34-29-25-24-27-32-37-42-49(4)5)59-53(56)45-40-35-30-23-20-17-16-18-21-26-31-36-41-48(2)3/h48-50H,6-47H2,1-5H3/t50-/m1/s1. The Morgan fingerprint density at radius 1 is 0.322 bits per heavy atom. The van der Waals surface area contributed by atoms with E-state index in [0.29, 0.717) is 19.3 Å². The molecule has 0 radical (unpaired) electrons. The average Bonchev–Trinajstić information content (AvgIpc) is 3.20. The van der Waals surface area contributed by atoms with Crippen LogP contribution in [0.3, 0.4) is 0 Å². The van der Waals surface area contributed by atoms with Crippen LogP contribution in [0.2, 0.25) is 0 Å². The lowest BCUT2D eigenvalue weighted by Gasteiger charge is -2.18. The molecule has 0 aromatic carbocycles. The van der Waals surface area contributed by atoms with Crippen LogP contribution in [-0.2, 0) is 28.6 Å². The second-order valence-electron chi connectivity index (χ2n) is 19.1. The number of unbranched alkanes of at least 4 members (excludes halogenated alkanes) is 32. The van der Waals surface area contributed by atoms with E-state index in [1.807, 2.05) is 0 Å². The van der Waals surface area contributed by atoms with Gasteiger partial charge in [0.1, 0.15) is 13.2 Å². The molecule has 1 atom stereocenters. The van der Waals surface area contributed by atoms with Gasteiger partial charge in [0, 0.05) is 19.3 Å². The van der Waals surface area contributed by atoms with E-state index in [1.54, 1.807) is 0 Å². The summed E-state index contributed by atoms with van der Waals surface area (Å²) in [5, 5.41) is 0. The predicted molar refractivity (Wildman–Crippen MR) is 252 cm³/mol. The lowest BCUT2D eigenvalue weighted by Crippen LogP contribution is -2.30. The average molecular weight is 835 g/mol. The molecule has 0 aromatic rings. The highest BCUT2D eigenvalue weighted by molar-refractivity contribution is 5.71. The summed E-state index contributed by atoms with van der Waals surface area (Å²) < 4.78 is 16.8. The fourth-order valence-electron chi connectivity index (χ4n) is 7.99. The lowest BCUT2D eigenvalue weighted by molar-refractivity contribution is -0.167. The highest BCUT2D eigenvalue weighted by Gasteiger charge is 2.19. The van der Waals surface area contributed by atoms with Crippen molar-refractivity contribution in [3.05, 3.63) is 0 Å². The maximum atomic E-state index is 12.8. The monoisotopic (exact) mass is 835 g/mol. The summed E-state index contributed by atoms with van der Waals surface area (Å²) in [5.74, 6) is 0.780. The molecule has 6 heteroatoms. The van der Waals surface area contributed by atoms with Crippen molar-refractivity contribution in [2.24, 2.45) is 11.8 Å². The van der Waals surface area contributed by atoms with Crippen LogP contribution in [0.5, 0.6) is 0 Å². The minimum atomic E-state index is -0.762. The van der Waals surface area contributed by atoms with Gasteiger partial charge in [-0.3, -0.25) is 14.4 Å². The van der Waals surface area contributed by atoms with Gasteiger partial charge in [0.05, 0.1) is 0 Å². The zero-order valence-corrected chi connectivity index (χ0v) is 40.4. The molecule has 0 spiro atoms. The molecule has 0 amide bonds. The van der Waals surface area contributed by atoms with Crippen molar-refractivity contribution < 1.29 is 28.6 Å². The van der Waals surface area contributed by atoms with E-state index in [0.717, 1.165) is 69.6 Å². The number of hydrogen-bond acceptors (Lipinski definition) is 6. The van der Waals surface area contributed by atoms with Gasteiger partial charge >= 0.3 is 17.9 Å². The van der Waals surface area contributed by atoms with Crippen LogP contribution in [0.4, 0.5) is 0 Å². The van der Waals surface area contributed by atoms with Crippen molar-refractivity contribution in [3.8, 4) is 0 Å². The quantitative estimate of drug-likeness (QED) is 0.0345. The fourth-order valence-corrected chi connectivity index (χ4v) is 7.99. The number of hydrogen-bond donors (Lipinski definition) is 0. The smallest absolute Gasteiger partial charge is 0.306 e. The summed E-state index contributed by atoms with van der Waals surface area (Å²) in [6.45, 7) is 11.3. The first-order valence-corrected chi connectivity index (χ1v) is 26.2. The third-order valence-electron chi connectivity index (χ3n) is 12.0. The van der Waals surface area contributed by atoms with Crippen molar-refractivity contribution in [3.63, 3.8) is 0 Å². The molecule has 0 N–H and O–H groups in total. The van der Waals surface area contributed by atoms with Crippen LogP contribution >= 0.6 is 0 Å². The van der Waals surface area contributed by atoms with Crippen LogP contribution in [0.15, 0.2) is 0 Å². The summed E-state index contributed by atoms with van der Waals surface area (Å²) in [4.78, 5) is 37.9. The van der Waals surface area contributed by atoms with Crippen LogP contribution in [0, 0.1) is 11.8 Å². The largest absolute Gasteiger partial charge is 0.462 e. The van der Waals surface area contributed by atoms with Crippen molar-refractivity contribution >= 4 is 17.9 Å². The van der Waals surface area contributed by atoms with Crippen molar-refractivity contribution in [1.82, 2.24) is 0 Å². The Hall–Kier alpha value is -1.59. The maximum absolute atomic E-state index is 12.8. The molecule has 0 heterocycles. The second kappa shape index (κ2) is 45.9.